The van der Waals surface area contributed by atoms with E-state index in [1.807, 2.05) is 6.92 Å². The van der Waals surface area contributed by atoms with Crippen molar-refractivity contribution in [2.75, 3.05) is 18.9 Å². The van der Waals surface area contributed by atoms with Crippen LogP contribution in [0.1, 0.15) is 17.4 Å². The van der Waals surface area contributed by atoms with Crippen molar-refractivity contribution in [2.24, 2.45) is 0 Å². The summed E-state index contributed by atoms with van der Waals surface area (Å²) in [5, 5.41) is 20.6. The Hall–Kier alpha value is -2.90. The summed E-state index contributed by atoms with van der Waals surface area (Å²) < 4.78 is 1.43. The van der Waals surface area contributed by atoms with Crippen molar-refractivity contribution in [1.82, 2.24) is 15.1 Å². The highest BCUT2D eigenvalue weighted by Gasteiger charge is 2.13. The Morgan fingerprint density at radius 2 is 2.19 bits per heavy atom. The molecule has 0 unspecified atom stereocenters. The standard InChI is InChI=1S/C13H15N5O3/c1-3-15-9-6-10(8-11(7-9)18(20)21)17-5-4-12(16-17)13(19)14-2/h4-8,15H,3H2,1-2H3,(H,14,19). The Bertz CT molecular complexity index is 680. The van der Waals surface area contributed by atoms with E-state index in [-0.39, 0.29) is 17.3 Å². The molecular weight excluding hydrogens is 274 g/mol. The first-order valence-corrected chi connectivity index (χ1v) is 6.36. The molecule has 0 aliphatic heterocycles. The fourth-order valence-electron chi connectivity index (χ4n) is 1.86. The van der Waals surface area contributed by atoms with Gasteiger partial charge >= 0.3 is 0 Å². The number of nitro groups is 1. The third-order valence-electron chi connectivity index (χ3n) is 2.81. The van der Waals surface area contributed by atoms with Gasteiger partial charge in [0.2, 0.25) is 0 Å². The number of carbonyl (C=O) groups excluding carboxylic acids is 1. The van der Waals surface area contributed by atoms with E-state index in [1.54, 1.807) is 18.3 Å². The maximum atomic E-state index is 11.5. The summed E-state index contributed by atoms with van der Waals surface area (Å²) in [5.41, 5.74) is 1.34. The molecule has 1 aromatic carbocycles. The molecule has 0 fully saturated rings. The third-order valence-corrected chi connectivity index (χ3v) is 2.81. The molecule has 0 saturated heterocycles. The molecule has 2 rings (SSSR count). The number of amides is 1. The summed E-state index contributed by atoms with van der Waals surface area (Å²) in [6, 6.07) is 6.14. The van der Waals surface area contributed by atoms with E-state index in [2.05, 4.69) is 15.7 Å². The lowest BCUT2D eigenvalue weighted by molar-refractivity contribution is -0.384. The lowest BCUT2D eigenvalue weighted by Crippen LogP contribution is -2.18. The van der Waals surface area contributed by atoms with Crippen LogP contribution in [0.25, 0.3) is 5.69 Å². The second-order valence-corrected chi connectivity index (χ2v) is 4.25. The van der Waals surface area contributed by atoms with Crippen LogP contribution in [-0.4, -0.2) is 34.2 Å². The number of nitrogens with zero attached hydrogens (tertiary/aromatic N) is 3. The van der Waals surface area contributed by atoms with Crippen molar-refractivity contribution in [1.29, 1.82) is 0 Å². The number of hydrogen-bond donors (Lipinski definition) is 2. The molecule has 21 heavy (non-hydrogen) atoms. The van der Waals surface area contributed by atoms with Gasteiger partial charge < -0.3 is 10.6 Å². The highest BCUT2D eigenvalue weighted by Crippen LogP contribution is 2.23. The van der Waals surface area contributed by atoms with Crippen LogP contribution in [0.5, 0.6) is 0 Å². The van der Waals surface area contributed by atoms with Crippen LogP contribution in [0.2, 0.25) is 0 Å². The molecule has 0 bridgehead atoms. The SMILES string of the molecule is CCNc1cc(-n2ccc(C(=O)NC)n2)cc([N+](=O)[O-])c1. The number of nitrogens with one attached hydrogen (secondary N) is 2. The van der Waals surface area contributed by atoms with Crippen molar-refractivity contribution >= 4 is 17.3 Å². The first kappa shape index (κ1) is 14.5. The second kappa shape index (κ2) is 6.04. The monoisotopic (exact) mass is 289 g/mol. The zero-order valence-corrected chi connectivity index (χ0v) is 11.7. The molecule has 8 heteroatoms. The van der Waals surface area contributed by atoms with Gasteiger partial charge in [-0.05, 0) is 19.1 Å². The van der Waals surface area contributed by atoms with Gasteiger partial charge in [-0.3, -0.25) is 14.9 Å². The van der Waals surface area contributed by atoms with Crippen molar-refractivity contribution in [3.8, 4) is 5.69 Å². The number of non-ortho nitro benzene ring substituents is 1. The Morgan fingerprint density at radius 3 is 2.81 bits per heavy atom. The molecule has 0 aliphatic rings. The molecule has 8 nitrogen and oxygen atoms in total. The molecule has 0 atom stereocenters. The van der Waals surface area contributed by atoms with Gasteiger partial charge in [0, 0.05) is 37.6 Å². The van der Waals surface area contributed by atoms with Gasteiger partial charge in [-0.15, -0.1) is 0 Å². The largest absolute Gasteiger partial charge is 0.385 e. The van der Waals surface area contributed by atoms with Crippen LogP contribution in [0.15, 0.2) is 30.5 Å². The van der Waals surface area contributed by atoms with E-state index in [0.717, 1.165) is 0 Å². The van der Waals surface area contributed by atoms with Crippen LogP contribution in [0.4, 0.5) is 11.4 Å². The van der Waals surface area contributed by atoms with E-state index in [9.17, 15) is 14.9 Å². The Labute approximate surface area is 120 Å². The maximum Gasteiger partial charge on any atom is 0.273 e. The van der Waals surface area contributed by atoms with Crippen molar-refractivity contribution in [3.63, 3.8) is 0 Å². The minimum atomic E-state index is -0.465. The van der Waals surface area contributed by atoms with Crippen molar-refractivity contribution < 1.29 is 9.72 Å². The van der Waals surface area contributed by atoms with Crippen LogP contribution in [0, 0.1) is 10.1 Å². The zero-order chi connectivity index (χ0) is 15.4. The average molecular weight is 289 g/mol. The average Bonchev–Trinajstić information content (AvgIpc) is 2.96. The van der Waals surface area contributed by atoms with E-state index >= 15 is 0 Å². The van der Waals surface area contributed by atoms with Crippen LogP contribution in [0.3, 0.4) is 0 Å². The number of hydrogen-bond acceptors (Lipinski definition) is 5. The predicted molar refractivity (Wildman–Crippen MR) is 77.8 cm³/mol. The fraction of sp³-hybridized carbons (Fsp3) is 0.231. The Morgan fingerprint density at radius 1 is 1.43 bits per heavy atom. The molecule has 110 valence electrons. The number of benzene rings is 1. The van der Waals surface area contributed by atoms with Crippen molar-refractivity contribution in [2.45, 2.75) is 6.92 Å². The molecule has 1 heterocycles. The smallest absolute Gasteiger partial charge is 0.273 e. The Balaban J connectivity index is 2.44. The van der Waals surface area contributed by atoms with Gasteiger partial charge in [-0.1, -0.05) is 0 Å². The number of anilines is 1. The molecule has 0 spiro atoms. The summed E-state index contributed by atoms with van der Waals surface area (Å²) >= 11 is 0. The van der Waals surface area contributed by atoms with E-state index in [1.165, 1.54) is 23.9 Å². The van der Waals surface area contributed by atoms with Gasteiger partial charge in [-0.25, -0.2) is 4.68 Å². The summed E-state index contributed by atoms with van der Waals surface area (Å²) in [6.45, 7) is 2.54. The van der Waals surface area contributed by atoms with E-state index in [0.29, 0.717) is 17.9 Å². The molecular formula is C13H15N5O3. The highest BCUT2D eigenvalue weighted by molar-refractivity contribution is 5.91. The lowest BCUT2D eigenvalue weighted by atomic mass is 10.2. The summed E-state index contributed by atoms with van der Waals surface area (Å²) in [4.78, 5) is 22.0. The van der Waals surface area contributed by atoms with Gasteiger partial charge in [0.05, 0.1) is 10.6 Å². The first-order valence-electron chi connectivity index (χ1n) is 6.36. The maximum absolute atomic E-state index is 11.5. The zero-order valence-electron chi connectivity index (χ0n) is 11.7. The van der Waals surface area contributed by atoms with Gasteiger partial charge in [0.15, 0.2) is 5.69 Å². The summed E-state index contributed by atoms with van der Waals surface area (Å²) in [7, 11) is 1.51. The third kappa shape index (κ3) is 3.16. The van der Waals surface area contributed by atoms with Crippen LogP contribution < -0.4 is 10.6 Å². The highest BCUT2D eigenvalue weighted by atomic mass is 16.6. The number of rotatable bonds is 5. The molecule has 2 aromatic rings. The number of nitro benzene ring substituents is 1. The first-order chi connectivity index (χ1) is 10.0. The van der Waals surface area contributed by atoms with E-state index in [4.69, 9.17) is 0 Å². The quantitative estimate of drug-likeness (QED) is 0.642. The lowest BCUT2D eigenvalue weighted by Gasteiger charge is -2.07. The molecule has 0 radical (unpaired) electrons. The molecule has 0 aliphatic carbocycles. The molecule has 1 aromatic heterocycles. The van der Waals surface area contributed by atoms with Crippen LogP contribution >= 0.6 is 0 Å². The molecule has 1 amide bonds. The normalized spacial score (nSPS) is 10.2. The fourth-order valence-corrected chi connectivity index (χ4v) is 1.86. The molecule has 2 N–H and O–H groups in total. The minimum absolute atomic E-state index is 0.0413. The number of carbonyl (C=O) groups is 1. The van der Waals surface area contributed by atoms with Crippen LogP contribution in [-0.2, 0) is 0 Å². The second-order valence-electron chi connectivity index (χ2n) is 4.25. The summed E-state index contributed by atoms with van der Waals surface area (Å²) in [5.74, 6) is -0.314. The predicted octanol–water partition coefficient (Wildman–Crippen LogP) is 1.57. The van der Waals surface area contributed by atoms with Crippen molar-refractivity contribution in [3.05, 3.63) is 46.3 Å². The summed E-state index contributed by atoms with van der Waals surface area (Å²) in [6.07, 6.45) is 1.58. The van der Waals surface area contributed by atoms with E-state index < -0.39 is 4.92 Å². The Kier molecular flexibility index (Phi) is 4.17. The van der Waals surface area contributed by atoms with Gasteiger partial charge in [0.1, 0.15) is 0 Å². The van der Waals surface area contributed by atoms with Gasteiger partial charge in [0.25, 0.3) is 11.6 Å². The molecule has 0 saturated carbocycles. The topological polar surface area (TPSA) is 102 Å². The number of aromatic nitrogens is 2. The minimum Gasteiger partial charge on any atom is -0.385 e. The van der Waals surface area contributed by atoms with Gasteiger partial charge in [-0.2, -0.15) is 5.10 Å².